The van der Waals surface area contributed by atoms with Crippen LogP contribution in [0, 0.1) is 5.92 Å². The Labute approximate surface area is 81.0 Å². The van der Waals surface area contributed by atoms with Crippen LogP contribution in [0.25, 0.3) is 0 Å². The minimum absolute atomic E-state index is 0.787. The fourth-order valence-corrected chi connectivity index (χ4v) is 1.34. The van der Waals surface area contributed by atoms with Crippen LogP contribution in [0.2, 0.25) is 0 Å². The minimum Gasteiger partial charge on any atom is -0.272 e. The predicted molar refractivity (Wildman–Crippen MR) is 55.7 cm³/mol. The molecule has 1 heterocycles. The molecule has 74 valence electrons. The largest absolute Gasteiger partial charge is 0.272 e. The van der Waals surface area contributed by atoms with Gasteiger partial charge >= 0.3 is 0 Å². The fraction of sp³-hybridized carbons (Fsp3) is 0.727. The lowest BCUT2D eigenvalue weighted by Gasteiger charge is -2.01. The van der Waals surface area contributed by atoms with Gasteiger partial charge in [0, 0.05) is 12.7 Å². The van der Waals surface area contributed by atoms with E-state index in [4.69, 9.17) is 0 Å². The molecule has 0 unspecified atom stereocenters. The normalized spacial score (nSPS) is 11.1. The Bertz CT molecular complexity index is 238. The van der Waals surface area contributed by atoms with Gasteiger partial charge in [-0.15, -0.1) is 0 Å². The maximum Gasteiger partial charge on any atom is 0.0521 e. The van der Waals surface area contributed by atoms with E-state index < -0.39 is 0 Å². The highest BCUT2D eigenvalue weighted by molar-refractivity contribution is 5.03. The summed E-state index contributed by atoms with van der Waals surface area (Å²) in [6, 6.07) is 0. The van der Waals surface area contributed by atoms with Crippen molar-refractivity contribution < 1.29 is 0 Å². The molecule has 2 nitrogen and oxygen atoms in total. The van der Waals surface area contributed by atoms with Gasteiger partial charge in [-0.3, -0.25) is 4.68 Å². The van der Waals surface area contributed by atoms with Crippen LogP contribution in [0.5, 0.6) is 0 Å². The number of aryl methyl sites for hydroxylation is 2. The average molecular weight is 180 g/mol. The molecule has 0 fully saturated rings. The van der Waals surface area contributed by atoms with Crippen LogP contribution in [0.4, 0.5) is 0 Å². The van der Waals surface area contributed by atoms with Crippen molar-refractivity contribution in [3.05, 3.63) is 18.0 Å². The first-order valence-electron chi connectivity index (χ1n) is 5.23. The number of nitrogens with zero attached hydrogens (tertiary/aromatic N) is 2. The van der Waals surface area contributed by atoms with Gasteiger partial charge in [0.1, 0.15) is 0 Å². The third-order valence-electron chi connectivity index (χ3n) is 2.15. The third kappa shape index (κ3) is 3.62. The van der Waals surface area contributed by atoms with Gasteiger partial charge in [0.05, 0.1) is 6.20 Å². The molecular formula is C11H20N2. The van der Waals surface area contributed by atoms with Gasteiger partial charge in [-0.2, -0.15) is 5.10 Å². The standard InChI is InChI=1S/C11H20N2/c1-4-7-13-9-11(8-12-13)6-5-10(2)3/h8-10H,4-7H2,1-3H3. The van der Waals surface area contributed by atoms with Crippen LogP contribution in [-0.2, 0) is 13.0 Å². The Morgan fingerprint density at radius 1 is 1.46 bits per heavy atom. The highest BCUT2D eigenvalue weighted by atomic mass is 15.3. The molecule has 13 heavy (non-hydrogen) atoms. The summed E-state index contributed by atoms with van der Waals surface area (Å²) in [5, 5.41) is 4.30. The second-order valence-corrected chi connectivity index (χ2v) is 4.04. The molecule has 0 saturated carbocycles. The first-order valence-corrected chi connectivity index (χ1v) is 5.23. The third-order valence-corrected chi connectivity index (χ3v) is 2.15. The van der Waals surface area contributed by atoms with Gasteiger partial charge in [0.25, 0.3) is 0 Å². The van der Waals surface area contributed by atoms with Crippen LogP contribution in [0.3, 0.4) is 0 Å². The zero-order chi connectivity index (χ0) is 9.68. The Balaban J connectivity index is 2.39. The molecule has 1 aromatic rings. The van der Waals surface area contributed by atoms with Gasteiger partial charge in [-0.1, -0.05) is 20.8 Å². The lowest BCUT2D eigenvalue weighted by molar-refractivity contribution is 0.583. The van der Waals surface area contributed by atoms with E-state index in [9.17, 15) is 0 Å². The van der Waals surface area contributed by atoms with E-state index in [1.54, 1.807) is 0 Å². The highest BCUT2D eigenvalue weighted by Crippen LogP contribution is 2.08. The van der Waals surface area contributed by atoms with E-state index in [2.05, 4.69) is 32.1 Å². The van der Waals surface area contributed by atoms with Crippen LogP contribution in [0.1, 0.15) is 39.2 Å². The van der Waals surface area contributed by atoms with E-state index >= 15 is 0 Å². The SMILES string of the molecule is CCCn1cc(CCC(C)C)cn1. The summed E-state index contributed by atoms with van der Waals surface area (Å²) in [5.41, 5.74) is 1.38. The molecule has 1 aromatic heterocycles. The molecule has 0 bridgehead atoms. The minimum atomic E-state index is 0.787. The Morgan fingerprint density at radius 2 is 2.23 bits per heavy atom. The smallest absolute Gasteiger partial charge is 0.0521 e. The van der Waals surface area contributed by atoms with Crippen molar-refractivity contribution in [3.8, 4) is 0 Å². The zero-order valence-corrected chi connectivity index (χ0v) is 8.95. The molecule has 0 aliphatic carbocycles. The molecule has 0 atom stereocenters. The van der Waals surface area contributed by atoms with Crippen LogP contribution in [0.15, 0.2) is 12.4 Å². The summed E-state index contributed by atoms with van der Waals surface area (Å²) in [7, 11) is 0. The van der Waals surface area contributed by atoms with E-state index in [0.717, 1.165) is 18.9 Å². The highest BCUT2D eigenvalue weighted by Gasteiger charge is 1.99. The summed E-state index contributed by atoms with van der Waals surface area (Å²) in [4.78, 5) is 0. The van der Waals surface area contributed by atoms with Crippen molar-refractivity contribution in [1.82, 2.24) is 9.78 Å². The van der Waals surface area contributed by atoms with Gasteiger partial charge in [-0.05, 0) is 30.7 Å². The van der Waals surface area contributed by atoms with Gasteiger partial charge < -0.3 is 0 Å². The number of hydrogen-bond acceptors (Lipinski definition) is 1. The molecule has 0 aliphatic heterocycles. The first-order chi connectivity index (χ1) is 6.22. The molecule has 0 saturated heterocycles. The summed E-state index contributed by atoms with van der Waals surface area (Å²) in [5.74, 6) is 0.787. The molecular weight excluding hydrogens is 160 g/mol. The van der Waals surface area contributed by atoms with Crippen molar-refractivity contribution in [2.75, 3.05) is 0 Å². The maximum absolute atomic E-state index is 4.30. The van der Waals surface area contributed by atoms with E-state index in [-0.39, 0.29) is 0 Å². The van der Waals surface area contributed by atoms with Crippen molar-refractivity contribution in [2.45, 2.75) is 46.6 Å². The topological polar surface area (TPSA) is 17.8 Å². The van der Waals surface area contributed by atoms with Crippen LogP contribution in [-0.4, -0.2) is 9.78 Å². The zero-order valence-electron chi connectivity index (χ0n) is 8.95. The molecule has 2 heteroatoms. The molecule has 0 spiro atoms. The summed E-state index contributed by atoms with van der Waals surface area (Å²) < 4.78 is 2.04. The van der Waals surface area contributed by atoms with Gasteiger partial charge in [-0.25, -0.2) is 0 Å². The summed E-state index contributed by atoms with van der Waals surface area (Å²) >= 11 is 0. The lowest BCUT2D eigenvalue weighted by atomic mass is 10.1. The maximum atomic E-state index is 4.30. The lowest BCUT2D eigenvalue weighted by Crippen LogP contribution is -1.96. The molecule has 0 amide bonds. The quantitative estimate of drug-likeness (QED) is 0.681. The Hall–Kier alpha value is -0.790. The number of rotatable bonds is 5. The van der Waals surface area contributed by atoms with E-state index in [1.807, 2.05) is 10.9 Å². The van der Waals surface area contributed by atoms with Gasteiger partial charge in [0.15, 0.2) is 0 Å². The second kappa shape index (κ2) is 5.05. The van der Waals surface area contributed by atoms with Crippen molar-refractivity contribution >= 4 is 0 Å². The molecule has 1 rings (SSSR count). The molecule has 0 aromatic carbocycles. The van der Waals surface area contributed by atoms with E-state index in [1.165, 1.54) is 18.4 Å². The molecule has 0 N–H and O–H groups in total. The average Bonchev–Trinajstić information content (AvgIpc) is 2.50. The van der Waals surface area contributed by atoms with Gasteiger partial charge in [0.2, 0.25) is 0 Å². The Kier molecular flexibility index (Phi) is 4.00. The fourth-order valence-electron chi connectivity index (χ4n) is 1.34. The summed E-state index contributed by atoms with van der Waals surface area (Å²) in [6.07, 6.45) is 7.76. The molecule has 0 radical (unpaired) electrons. The molecule has 0 aliphatic rings. The van der Waals surface area contributed by atoms with Crippen molar-refractivity contribution in [2.24, 2.45) is 5.92 Å². The predicted octanol–water partition coefficient (Wildman–Crippen LogP) is 2.88. The second-order valence-electron chi connectivity index (χ2n) is 4.04. The van der Waals surface area contributed by atoms with Crippen LogP contribution < -0.4 is 0 Å². The first kappa shape index (κ1) is 10.3. The summed E-state index contributed by atoms with van der Waals surface area (Å²) in [6.45, 7) is 7.74. The van der Waals surface area contributed by atoms with Crippen molar-refractivity contribution in [1.29, 1.82) is 0 Å². The van der Waals surface area contributed by atoms with E-state index in [0.29, 0.717) is 0 Å². The Morgan fingerprint density at radius 3 is 2.85 bits per heavy atom. The number of hydrogen-bond donors (Lipinski definition) is 0. The van der Waals surface area contributed by atoms with Crippen molar-refractivity contribution in [3.63, 3.8) is 0 Å². The monoisotopic (exact) mass is 180 g/mol. The number of aromatic nitrogens is 2. The van der Waals surface area contributed by atoms with Crippen LogP contribution >= 0.6 is 0 Å².